The predicted octanol–water partition coefficient (Wildman–Crippen LogP) is 14.4. The molecule has 2 fully saturated rings. The van der Waals surface area contributed by atoms with Gasteiger partial charge in [-0.15, -0.1) is 47.0 Å². The quantitative estimate of drug-likeness (QED) is 0.147. The van der Waals surface area contributed by atoms with Gasteiger partial charge in [0.15, 0.2) is 23.3 Å². The van der Waals surface area contributed by atoms with Gasteiger partial charge in [-0.05, 0) is 123 Å². The van der Waals surface area contributed by atoms with Crippen LogP contribution >= 0.6 is 78.9 Å². The lowest BCUT2D eigenvalue weighted by Crippen LogP contribution is -2.38. The second-order valence-corrected chi connectivity index (χ2v) is 25.3. The molecule has 0 saturated carbocycles. The molecule has 2 aromatic rings. The zero-order valence-electron chi connectivity index (χ0n) is 33.9. The van der Waals surface area contributed by atoms with E-state index in [1.165, 1.54) is 24.0 Å². The van der Waals surface area contributed by atoms with Crippen LogP contribution in [-0.2, 0) is 45.7 Å². The Morgan fingerprint density at radius 1 is 0.544 bits per heavy atom. The van der Waals surface area contributed by atoms with E-state index in [4.69, 9.17) is 1.34 Å². The van der Waals surface area contributed by atoms with Crippen LogP contribution in [0.3, 0.4) is 0 Å². The first kappa shape index (κ1) is 45.3. The summed E-state index contributed by atoms with van der Waals surface area (Å²) in [5.74, 6) is -6.92. The lowest BCUT2D eigenvalue weighted by atomic mass is 9.95. The number of halogens is 10. The maximum atomic E-state index is 16.0. The van der Waals surface area contributed by atoms with Crippen LogP contribution in [-0.4, -0.2) is 41.4 Å². The third kappa shape index (κ3) is 6.97. The fourth-order valence-corrected chi connectivity index (χ4v) is 19.9. The molecule has 4 unspecified atom stereocenters. The number of rotatable bonds is 8. The van der Waals surface area contributed by atoms with E-state index in [1.54, 1.807) is 13.8 Å². The first-order chi connectivity index (χ1) is 27.5. The third-order valence-electron chi connectivity index (χ3n) is 12.9. The third-order valence-corrected chi connectivity index (χ3v) is 22.5. The van der Waals surface area contributed by atoms with Crippen LogP contribution < -0.4 is 0 Å². The summed E-state index contributed by atoms with van der Waals surface area (Å²) in [5, 5.41) is 0. The van der Waals surface area contributed by atoms with Crippen molar-refractivity contribution in [3.05, 3.63) is 67.8 Å². The van der Waals surface area contributed by atoms with E-state index in [0.717, 1.165) is 72.7 Å². The van der Waals surface area contributed by atoms with Crippen molar-refractivity contribution in [1.82, 2.24) is 0 Å². The molecule has 316 valence electrons. The van der Waals surface area contributed by atoms with Crippen LogP contribution in [0.25, 0.3) is 0 Å². The second-order valence-electron chi connectivity index (χ2n) is 16.4. The molecule has 15 heteroatoms. The van der Waals surface area contributed by atoms with Gasteiger partial charge in [-0.3, -0.25) is 0 Å². The van der Waals surface area contributed by atoms with Crippen molar-refractivity contribution < 1.29 is 35.1 Å². The number of hydrogen-bond donors (Lipinski definition) is 0. The molecule has 57 heavy (non-hydrogen) atoms. The number of thioether (sulfide) groups is 4. The summed E-state index contributed by atoms with van der Waals surface area (Å²) in [4.78, 5) is 0. The van der Waals surface area contributed by atoms with E-state index < -0.39 is 54.9 Å². The van der Waals surface area contributed by atoms with Crippen molar-refractivity contribution in [3.8, 4) is 0 Å². The number of alkyl halides is 6. The van der Waals surface area contributed by atoms with Crippen LogP contribution in [0, 0.1) is 35.1 Å². The summed E-state index contributed by atoms with van der Waals surface area (Å²) in [6.07, 6.45) is 8.86. The van der Waals surface area contributed by atoms with Gasteiger partial charge in [-0.25, -0.2) is 17.6 Å². The number of benzene rings is 2. The summed E-state index contributed by atoms with van der Waals surface area (Å²) in [6.45, 7) is 7.86. The van der Waals surface area contributed by atoms with E-state index >= 15 is 8.78 Å². The van der Waals surface area contributed by atoms with Crippen LogP contribution in [0.4, 0.5) is 35.1 Å². The van der Waals surface area contributed by atoms with Crippen molar-refractivity contribution >= 4 is 87.3 Å². The van der Waals surface area contributed by atoms with Gasteiger partial charge in [-0.2, -0.15) is 17.6 Å². The highest BCUT2D eigenvalue weighted by Gasteiger charge is 2.66. The zero-order chi connectivity index (χ0) is 42.6. The summed E-state index contributed by atoms with van der Waals surface area (Å²) in [6, 6.07) is 0. The maximum absolute atomic E-state index is 16.0. The molecular weight excluding hydrogens is 955 g/mol. The van der Waals surface area contributed by atoms with E-state index in [2.05, 4.69) is 54.1 Å². The highest BCUT2D eigenvalue weighted by molar-refractivity contribution is 9.10. The van der Waals surface area contributed by atoms with E-state index in [9.17, 15) is 26.3 Å². The predicted molar refractivity (Wildman–Crippen MR) is 235 cm³/mol. The van der Waals surface area contributed by atoms with Gasteiger partial charge in [-0.1, -0.05) is 85.2 Å². The Morgan fingerprint density at radius 2 is 0.860 bits per heavy atom. The molecule has 8 rings (SSSR count). The first-order valence-electron chi connectivity index (χ1n) is 20.8. The van der Waals surface area contributed by atoms with E-state index in [-0.39, 0.29) is 45.0 Å². The first-order valence-corrected chi connectivity index (χ1v) is 25.8. The summed E-state index contributed by atoms with van der Waals surface area (Å²) < 4.78 is 122. The Hall–Kier alpha value is 0.305. The van der Waals surface area contributed by atoms with Crippen molar-refractivity contribution in [2.45, 2.75) is 146 Å². The van der Waals surface area contributed by atoms with Crippen LogP contribution in [0.2, 0.25) is 0 Å². The molecule has 4 atom stereocenters. The van der Waals surface area contributed by atoms with Gasteiger partial charge in [0.05, 0.1) is 27.9 Å². The molecule has 0 aromatic heterocycles. The standard InChI is InChI=1S/C24H32F2S4.C18H18Br2F6.BH/c1-3-7-15-13-17-18-14-16(8-4-2)24(29-11-6-12-30-24)20(18)22(26)21(25)19(17)23(15)27-9-5-10-28-23;1-3-5-15(19)7-9-10-8-16(20,6-4-2)18(25,26)12(10)14(22)13(21)11(9)17(15,23)24;/h15-16H,3-14H2,1-2H3;3-8H2,1-2H3;1H/i;;1D. The summed E-state index contributed by atoms with van der Waals surface area (Å²) in [7, 11) is 3.75. The van der Waals surface area contributed by atoms with E-state index in [1.807, 2.05) is 47.0 Å². The number of fused-ring (bicyclic) bond motifs is 8. The fourth-order valence-electron chi connectivity index (χ4n) is 10.6. The minimum atomic E-state index is -3.68. The van der Waals surface area contributed by atoms with Crippen molar-refractivity contribution in [1.29, 1.82) is 1.34 Å². The molecule has 2 saturated heterocycles. The summed E-state index contributed by atoms with van der Waals surface area (Å²) in [5.41, 5.74) is 1.49. The zero-order valence-corrected chi connectivity index (χ0v) is 39.3. The van der Waals surface area contributed by atoms with Gasteiger partial charge in [0.25, 0.3) is 11.8 Å². The molecule has 0 amide bonds. The molecule has 6 aliphatic rings. The Balaban J connectivity index is 0.000000190. The van der Waals surface area contributed by atoms with Gasteiger partial charge in [0, 0.05) is 19.5 Å². The molecule has 2 aliphatic heterocycles. The Kier molecular flexibility index (Phi) is 13.6. The molecule has 2 aromatic carbocycles. The highest BCUT2D eigenvalue weighted by Crippen LogP contribution is 2.68. The molecule has 2 spiro atoms. The largest absolute Gasteiger partial charge is 0.291 e. The van der Waals surface area contributed by atoms with Gasteiger partial charge in [0.1, 0.15) is 0 Å². The Morgan fingerprint density at radius 3 is 1.16 bits per heavy atom. The molecule has 4 aliphatic carbocycles. The molecular formula is C42H51BBr2F8S4. The monoisotopic (exact) mass is 1010 g/mol. The fraction of sp³-hybridized carbons (Fsp3) is 0.714. The van der Waals surface area contributed by atoms with Gasteiger partial charge < -0.3 is 0 Å². The smallest absolute Gasteiger partial charge is 0.203 e. The average molecular weight is 1010 g/mol. The summed E-state index contributed by atoms with van der Waals surface area (Å²) >= 11 is 13.7. The Bertz CT molecular complexity index is 1730. The van der Waals surface area contributed by atoms with Gasteiger partial charge >= 0.3 is 0 Å². The Labute approximate surface area is 370 Å². The molecule has 0 nitrogen and oxygen atoms in total. The number of hydrogen-bond acceptors (Lipinski definition) is 4. The molecule has 0 bridgehead atoms. The molecule has 2 heterocycles. The van der Waals surface area contributed by atoms with Gasteiger partial charge in [0.2, 0.25) is 0 Å². The average Bonchev–Trinajstić information content (AvgIpc) is 3.80. The van der Waals surface area contributed by atoms with Crippen molar-refractivity contribution in [3.63, 3.8) is 0 Å². The van der Waals surface area contributed by atoms with Crippen LogP contribution in [0.1, 0.15) is 136 Å². The lowest BCUT2D eigenvalue weighted by molar-refractivity contribution is -0.0412. The van der Waals surface area contributed by atoms with Crippen LogP contribution in [0.5, 0.6) is 0 Å². The topological polar surface area (TPSA) is 0 Å². The van der Waals surface area contributed by atoms with Crippen molar-refractivity contribution in [2.24, 2.45) is 11.8 Å². The van der Waals surface area contributed by atoms with Crippen molar-refractivity contribution in [2.75, 3.05) is 23.0 Å². The minimum Gasteiger partial charge on any atom is -0.203 e. The maximum Gasteiger partial charge on any atom is 0.291 e. The van der Waals surface area contributed by atoms with Crippen LogP contribution in [0.15, 0.2) is 0 Å². The second kappa shape index (κ2) is 17.1. The lowest BCUT2D eigenvalue weighted by Gasteiger charge is -2.40. The molecule has 2 radical (unpaired) electrons. The molecule has 0 N–H and O–H groups in total. The SMILES string of the molecule is CCCC1(Br)Cc2c3c(c(F)c(F)c2C1(F)F)C(F)(F)C(Br)(CCC)C3.CCCC1Cc2c3c(c(F)c(F)c2C12SCCCS2)C1(SCCCS1)C(CCC)C3.[2H][B]. The normalized spacial score (nSPS) is 29.5. The van der Waals surface area contributed by atoms with E-state index in [0.29, 0.717) is 24.7 Å². The minimum absolute atomic E-state index is 0.00925. The highest BCUT2D eigenvalue weighted by atomic mass is 79.9.